The largest absolute Gasteiger partial charge is 0.287 e. The average molecular weight is 242 g/mol. The molecule has 0 amide bonds. The summed E-state index contributed by atoms with van der Waals surface area (Å²) in [4.78, 5) is 11.7. The number of carbonyl (C=O) groups is 1. The summed E-state index contributed by atoms with van der Waals surface area (Å²) in [5.41, 5.74) is 0.870. The first-order valence-corrected chi connectivity index (χ1v) is 5.49. The minimum absolute atomic E-state index is 0.00215. The van der Waals surface area contributed by atoms with Crippen LogP contribution in [0.4, 0.5) is 0 Å². The summed E-state index contributed by atoms with van der Waals surface area (Å²) in [7, 11) is 0. The Balaban J connectivity index is 2.49. The highest BCUT2D eigenvalue weighted by molar-refractivity contribution is 6.31. The first-order chi connectivity index (χ1) is 7.22. The Morgan fingerprint density at radius 1 is 1.33 bits per heavy atom. The average Bonchev–Trinajstić information content (AvgIpc) is 2.60. The molecule has 2 nitrogen and oxygen atoms in total. The van der Waals surface area contributed by atoms with Crippen LogP contribution in [0.2, 0.25) is 5.02 Å². The van der Waals surface area contributed by atoms with Crippen LogP contribution in [0.1, 0.15) is 11.2 Å². The van der Waals surface area contributed by atoms with Crippen molar-refractivity contribution < 1.29 is 4.79 Å². The van der Waals surface area contributed by atoms with Gasteiger partial charge in [0.05, 0.1) is 5.52 Å². The van der Waals surface area contributed by atoms with Gasteiger partial charge in [-0.3, -0.25) is 9.36 Å². The van der Waals surface area contributed by atoms with E-state index in [1.807, 2.05) is 18.2 Å². The van der Waals surface area contributed by atoms with Gasteiger partial charge < -0.3 is 0 Å². The molecule has 0 atom stereocenters. The van der Waals surface area contributed by atoms with Crippen LogP contribution < -0.4 is 0 Å². The zero-order valence-electron chi connectivity index (χ0n) is 7.91. The molecule has 1 aromatic heterocycles. The summed E-state index contributed by atoms with van der Waals surface area (Å²) in [6, 6.07) is 7.31. The predicted octanol–water partition coefficient (Wildman–Crippen LogP) is 3.56. The molecule has 0 N–H and O–H groups in total. The zero-order chi connectivity index (χ0) is 10.8. The summed E-state index contributed by atoms with van der Waals surface area (Å²) in [5.74, 6) is 0.342. The van der Waals surface area contributed by atoms with E-state index in [1.54, 1.807) is 16.8 Å². The van der Waals surface area contributed by atoms with Crippen molar-refractivity contribution in [3.8, 4) is 0 Å². The number of benzene rings is 1. The van der Waals surface area contributed by atoms with Gasteiger partial charge in [-0.1, -0.05) is 11.6 Å². The maximum absolute atomic E-state index is 11.7. The van der Waals surface area contributed by atoms with Gasteiger partial charge in [-0.2, -0.15) is 0 Å². The summed E-state index contributed by atoms with van der Waals surface area (Å²) >= 11 is 11.4. The van der Waals surface area contributed by atoms with E-state index in [0.717, 1.165) is 10.9 Å². The standard InChI is InChI=1S/C11H9Cl2NO/c12-5-3-11(15)14-6-4-8-7-9(13)1-2-10(8)14/h1-2,4,6-7H,3,5H2. The Morgan fingerprint density at radius 2 is 2.13 bits per heavy atom. The maximum Gasteiger partial charge on any atom is 0.232 e. The van der Waals surface area contributed by atoms with E-state index in [1.165, 1.54) is 0 Å². The number of halogens is 2. The van der Waals surface area contributed by atoms with E-state index in [0.29, 0.717) is 17.3 Å². The minimum atomic E-state index is 0.00215. The van der Waals surface area contributed by atoms with Gasteiger partial charge in [0.2, 0.25) is 5.91 Å². The Bertz CT molecular complexity index is 504. The molecule has 2 aromatic rings. The fourth-order valence-electron chi connectivity index (χ4n) is 1.53. The molecule has 0 saturated carbocycles. The van der Waals surface area contributed by atoms with Crippen molar-refractivity contribution in [3.05, 3.63) is 35.5 Å². The molecule has 0 aliphatic heterocycles. The molecule has 0 fully saturated rings. The highest BCUT2D eigenvalue weighted by Crippen LogP contribution is 2.20. The van der Waals surface area contributed by atoms with Crippen LogP contribution in [0, 0.1) is 0 Å². The van der Waals surface area contributed by atoms with Crippen molar-refractivity contribution >= 4 is 40.0 Å². The molecule has 0 unspecified atom stereocenters. The van der Waals surface area contributed by atoms with Crippen molar-refractivity contribution in [1.29, 1.82) is 0 Å². The Hall–Kier alpha value is -0.990. The Labute approximate surface area is 97.4 Å². The fraction of sp³-hybridized carbons (Fsp3) is 0.182. The topological polar surface area (TPSA) is 22.0 Å². The van der Waals surface area contributed by atoms with E-state index >= 15 is 0 Å². The van der Waals surface area contributed by atoms with Gasteiger partial charge in [-0.05, 0) is 24.3 Å². The lowest BCUT2D eigenvalue weighted by Crippen LogP contribution is -2.09. The second-order valence-electron chi connectivity index (χ2n) is 3.22. The summed E-state index contributed by atoms with van der Waals surface area (Å²) in [6.07, 6.45) is 2.09. The fourth-order valence-corrected chi connectivity index (χ4v) is 1.87. The molecule has 0 saturated heterocycles. The third-order valence-corrected chi connectivity index (χ3v) is 2.65. The number of hydrogen-bond donors (Lipinski definition) is 0. The summed E-state index contributed by atoms with van der Waals surface area (Å²) < 4.78 is 1.61. The van der Waals surface area contributed by atoms with Crippen molar-refractivity contribution in [2.75, 3.05) is 5.88 Å². The molecule has 1 aromatic carbocycles. The molecule has 0 aliphatic carbocycles. The van der Waals surface area contributed by atoms with Gasteiger partial charge in [0, 0.05) is 28.9 Å². The summed E-state index contributed by atoms with van der Waals surface area (Å²) in [5, 5.41) is 1.63. The molecule has 78 valence electrons. The monoisotopic (exact) mass is 241 g/mol. The maximum atomic E-state index is 11.7. The van der Waals surface area contributed by atoms with Crippen molar-refractivity contribution in [2.24, 2.45) is 0 Å². The second-order valence-corrected chi connectivity index (χ2v) is 4.04. The zero-order valence-corrected chi connectivity index (χ0v) is 9.42. The summed E-state index contributed by atoms with van der Waals surface area (Å²) in [6.45, 7) is 0. The highest BCUT2D eigenvalue weighted by Gasteiger charge is 2.07. The lowest BCUT2D eigenvalue weighted by Gasteiger charge is -2.01. The number of fused-ring (bicyclic) bond motifs is 1. The first-order valence-electron chi connectivity index (χ1n) is 4.58. The number of aromatic nitrogens is 1. The van der Waals surface area contributed by atoms with E-state index < -0.39 is 0 Å². The van der Waals surface area contributed by atoms with Crippen molar-refractivity contribution in [2.45, 2.75) is 6.42 Å². The SMILES string of the molecule is O=C(CCCl)n1ccc2cc(Cl)ccc21. The van der Waals surface area contributed by atoms with Crippen LogP contribution in [0.3, 0.4) is 0 Å². The molecule has 0 spiro atoms. The van der Waals surface area contributed by atoms with Crippen LogP contribution >= 0.6 is 23.2 Å². The highest BCUT2D eigenvalue weighted by atomic mass is 35.5. The quantitative estimate of drug-likeness (QED) is 0.738. The smallest absolute Gasteiger partial charge is 0.232 e. The van der Waals surface area contributed by atoms with Gasteiger partial charge in [0.15, 0.2) is 0 Å². The van der Waals surface area contributed by atoms with Gasteiger partial charge in [0.1, 0.15) is 0 Å². The second kappa shape index (κ2) is 4.25. The molecular weight excluding hydrogens is 233 g/mol. The predicted molar refractivity (Wildman–Crippen MR) is 62.9 cm³/mol. The van der Waals surface area contributed by atoms with Crippen LogP contribution in [0.25, 0.3) is 10.9 Å². The van der Waals surface area contributed by atoms with Gasteiger partial charge in [0.25, 0.3) is 0 Å². The molecule has 15 heavy (non-hydrogen) atoms. The lowest BCUT2D eigenvalue weighted by molar-refractivity contribution is 0.0915. The van der Waals surface area contributed by atoms with Gasteiger partial charge in [-0.25, -0.2) is 0 Å². The van der Waals surface area contributed by atoms with E-state index in [-0.39, 0.29) is 5.91 Å². The van der Waals surface area contributed by atoms with Gasteiger partial charge >= 0.3 is 0 Å². The first kappa shape index (κ1) is 10.5. The molecule has 4 heteroatoms. The third-order valence-electron chi connectivity index (χ3n) is 2.23. The van der Waals surface area contributed by atoms with Crippen LogP contribution in [0.5, 0.6) is 0 Å². The molecule has 1 heterocycles. The van der Waals surface area contributed by atoms with E-state index in [2.05, 4.69) is 0 Å². The normalized spacial score (nSPS) is 10.8. The molecule has 0 radical (unpaired) electrons. The van der Waals surface area contributed by atoms with E-state index in [9.17, 15) is 4.79 Å². The molecular formula is C11H9Cl2NO. The molecule has 0 aliphatic rings. The minimum Gasteiger partial charge on any atom is -0.287 e. The van der Waals surface area contributed by atoms with Crippen molar-refractivity contribution in [3.63, 3.8) is 0 Å². The Morgan fingerprint density at radius 3 is 2.87 bits per heavy atom. The third kappa shape index (κ3) is 2.01. The van der Waals surface area contributed by atoms with Crippen LogP contribution in [-0.4, -0.2) is 16.4 Å². The number of rotatable bonds is 2. The van der Waals surface area contributed by atoms with Gasteiger partial charge in [-0.15, -0.1) is 11.6 Å². The molecule has 0 bridgehead atoms. The lowest BCUT2D eigenvalue weighted by atomic mass is 10.2. The number of carbonyl (C=O) groups excluding carboxylic acids is 1. The van der Waals surface area contributed by atoms with Crippen LogP contribution in [-0.2, 0) is 0 Å². The number of alkyl halides is 1. The Kier molecular flexibility index (Phi) is 2.98. The molecule has 2 rings (SSSR count). The van der Waals surface area contributed by atoms with Crippen LogP contribution in [0.15, 0.2) is 30.5 Å². The number of nitrogens with zero attached hydrogens (tertiary/aromatic N) is 1. The van der Waals surface area contributed by atoms with Crippen molar-refractivity contribution in [1.82, 2.24) is 4.57 Å². The number of hydrogen-bond acceptors (Lipinski definition) is 1. The van der Waals surface area contributed by atoms with E-state index in [4.69, 9.17) is 23.2 Å².